The number of fused-ring (bicyclic) bond motifs is 1. The SMILES string of the molecule is COc1cc(OC)cc(C2=NN(C)c3nc(Nc4ccccc4)ncc3O2)c1. The molecule has 3 aromatic rings. The van der Waals surface area contributed by atoms with E-state index in [1.807, 2.05) is 42.5 Å². The van der Waals surface area contributed by atoms with E-state index in [0.29, 0.717) is 34.9 Å². The number of ether oxygens (including phenoxy) is 3. The number of aromatic nitrogens is 2. The third-order valence-electron chi connectivity index (χ3n) is 4.12. The Morgan fingerprint density at radius 3 is 2.39 bits per heavy atom. The normalized spacial score (nSPS) is 12.5. The van der Waals surface area contributed by atoms with Crippen LogP contribution in [0.3, 0.4) is 0 Å². The van der Waals surface area contributed by atoms with Gasteiger partial charge in [-0.25, -0.2) is 9.99 Å². The molecule has 0 amide bonds. The van der Waals surface area contributed by atoms with E-state index in [-0.39, 0.29) is 0 Å². The quantitative estimate of drug-likeness (QED) is 0.729. The highest BCUT2D eigenvalue weighted by Gasteiger charge is 2.23. The third kappa shape index (κ3) is 3.52. The Bertz CT molecular complexity index is 1000. The van der Waals surface area contributed by atoms with E-state index in [1.165, 1.54) is 0 Å². The van der Waals surface area contributed by atoms with Crippen molar-refractivity contribution in [3.63, 3.8) is 0 Å². The Balaban J connectivity index is 1.62. The van der Waals surface area contributed by atoms with Crippen molar-refractivity contribution in [2.45, 2.75) is 0 Å². The van der Waals surface area contributed by atoms with Gasteiger partial charge in [-0.3, -0.25) is 0 Å². The molecule has 28 heavy (non-hydrogen) atoms. The van der Waals surface area contributed by atoms with Crippen LogP contribution in [0.15, 0.2) is 59.8 Å². The molecule has 0 atom stereocenters. The Kier molecular flexibility index (Phi) is 4.67. The second-order valence-corrected chi connectivity index (χ2v) is 6.00. The van der Waals surface area contributed by atoms with Crippen molar-refractivity contribution in [3.05, 3.63) is 60.3 Å². The number of methoxy groups -OCH3 is 2. The van der Waals surface area contributed by atoms with E-state index < -0.39 is 0 Å². The van der Waals surface area contributed by atoms with Gasteiger partial charge in [-0.2, -0.15) is 4.98 Å². The topological polar surface area (TPSA) is 81.1 Å². The molecule has 0 bridgehead atoms. The maximum absolute atomic E-state index is 5.94. The molecule has 1 aliphatic heterocycles. The second kappa shape index (κ2) is 7.43. The van der Waals surface area contributed by atoms with Crippen LogP contribution in [-0.2, 0) is 0 Å². The van der Waals surface area contributed by atoms with Gasteiger partial charge in [0.05, 0.1) is 20.4 Å². The average Bonchev–Trinajstić information content (AvgIpc) is 2.74. The Morgan fingerprint density at radius 2 is 1.71 bits per heavy atom. The van der Waals surface area contributed by atoms with E-state index >= 15 is 0 Å². The minimum atomic E-state index is 0.402. The maximum atomic E-state index is 5.94. The van der Waals surface area contributed by atoms with Gasteiger partial charge in [-0.15, -0.1) is 5.10 Å². The molecule has 2 aromatic carbocycles. The van der Waals surface area contributed by atoms with Gasteiger partial charge in [-0.1, -0.05) is 18.2 Å². The molecule has 1 aliphatic rings. The number of hydrazone groups is 1. The Labute approximate surface area is 162 Å². The number of anilines is 3. The van der Waals surface area contributed by atoms with Crippen LogP contribution in [0.1, 0.15) is 5.56 Å². The number of hydrogen-bond acceptors (Lipinski definition) is 8. The predicted molar refractivity (Wildman–Crippen MR) is 107 cm³/mol. The molecule has 8 nitrogen and oxygen atoms in total. The highest BCUT2D eigenvalue weighted by molar-refractivity contribution is 5.98. The Hall–Kier alpha value is -3.81. The van der Waals surface area contributed by atoms with E-state index in [0.717, 1.165) is 11.3 Å². The van der Waals surface area contributed by atoms with Gasteiger partial charge in [-0.05, 0) is 24.3 Å². The molecule has 0 unspecified atom stereocenters. The summed E-state index contributed by atoms with van der Waals surface area (Å²) < 4.78 is 16.6. The number of benzene rings is 2. The largest absolute Gasteiger partial charge is 0.497 e. The van der Waals surface area contributed by atoms with Crippen molar-refractivity contribution in [1.29, 1.82) is 0 Å². The zero-order valence-electron chi connectivity index (χ0n) is 15.7. The van der Waals surface area contributed by atoms with Gasteiger partial charge in [0, 0.05) is 24.4 Å². The molecule has 2 heterocycles. The minimum Gasteiger partial charge on any atom is -0.497 e. The lowest BCUT2D eigenvalue weighted by Gasteiger charge is -2.23. The summed E-state index contributed by atoms with van der Waals surface area (Å²) in [5.41, 5.74) is 1.62. The highest BCUT2D eigenvalue weighted by atomic mass is 16.5. The van der Waals surface area contributed by atoms with Crippen LogP contribution in [0.4, 0.5) is 17.5 Å². The first-order chi connectivity index (χ1) is 13.7. The van der Waals surface area contributed by atoms with Crippen molar-refractivity contribution >= 4 is 23.4 Å². The van der Waals surface area contributed by atoms with Crippen LogP contribution < -0.4 is 24.5 Å². The zero-order chi connectivity index (χ0) is 19.5. The predicted octanol–water partition coefficient (Wildman–Crippen LogP) is 3.43. The molecule has 0 radical (unpaired) electrons. The second-order valence-electron chi connectivity index (χ2n) is 6.00. The zero-order valence-corrected chi connectivity index (χ0v) is 15.7. The first-order valence-electron chi connectivity index (χ1n) is 8.59. The number of para-hydroxylation sites is 1. The van der Waals surface area contributed by atoms with Crippen LogP contribution in [-0.4, -0.2) is 37.1 Å². The number of rotatable bonds is 5. The molecule has 1 N–H and O–H groups in total. The maximum Gasteiger partial charge on any atom is 0.244 e. The number of hydrogen-bond donors (Lipinski definition) is 1. The fourth-order valence-corrected chi connectivity index (χ4v) is 2.73. The lowest BCUT2D eigenvalue weighted by molar-refractivity contribution is 0.393. The molecular weight excluding hydrogens is 358 g/mol. The monoisotopic (exact) mass is 377 g/mol. The van der Waals surface area contributed by atoms with E-state index in [2.05, 4.69) is 20.4 Å². The first kappa shape index (κ1) is 17.6. The minimum absolute atomic E-state index is 0.402. The van der Waals surface area contributed by atoms with Crippen molar-refractivity contribution in [1.82, 2.24) is 9.97 Å². The average molecular weight is 377 g/mol. The number of nitrogens with zero attached hydrogens (tertiary/aromatic N) is 4. The van der Waals surface area contributed by atoms with Gasteiger partial charge >= 0.3 is 0 Å². The molecule has 0 aliphatic carbocycles. The molecule has 0 fully saturated rings. The molecule has 0 saturated heterocycles. The lowest BCUT2D eigenvalue weighted by Crippen LogP contribution is -2.25. The molecule has 4 rings (SSSR count). The standard InChI is InChI=1S/C20H19N5O3/c1-25-18-17(12-21-20(23-18)22-14-7-5-4-6-8-14)28-19(24-25)13-9-15(26-2)11-16(10-13)27-3/h4-12H,1-3H3,(H,21,22,23). The fourth-order valence-electron chi connectivity index (χ4n) is 2.73. The Morgan fingerprint density at radius 1 is 1.00 bits per heavy atom. The van der Waals surface area contributed by atoms with Gasteiger partial charge < -0.3 is 19.5 Å². The summed E-state index contributed by atoms with van der Waals surface area (Å²) in [7, 11) is 5.00. The molecule has 1 aromatic heterocycles. The van der Waals surface area contributed by atoms with E-state index in [9.17, 15) is 0 Å². The number of nitrogens with one attached hydrogen (secondary N) is 1. The first-order valence-corrected chi connectivity index (χ1v) is 8.59. The summed E-state index contributed by atoms with van der Waals surface area (Å²) in [5.74, 6) is 3.22. The van der Waals surface area contributed by atoms with Gasteiger partial charge in [0.15, 0.2) is 11.6 Å². The fraction of sp³-hybridized carbons (Fsp3) is 0.150. The van der Waals surface area contributed by atoms with Gasteiger partial charge in [0.25, 0.3) is 0 Å². The summed E-state index contributed by atoms with van der Waals surface area (Å²) in [5, 5.41) is 9.30. The van der Waals surface area contributed by atoms with E-state index in [1.54, 1.807) is 38.5 Å². The highest BCUT2D eigenvalue weighted by Crippen LogP contribution is 2.32. The van der Waals surface area contributed by atoms with Crippen molar-refractivity contribution < 1.29 is 14.2 Å². The third-order valence-corrected chi connectivity index (χ3v) is 4.12. The van der Waals surface area contributed by atoms with Crippen LogP contribution in [0, 0.1) is 0 Å². The van der Waals surface area contributed by atoms with E-state index in [4.69, 9.17) is 14.2 Å². The summed E-state index contributed by atoms with van der Waals surface area (Å²) in [4.78, 5) is 8.85. The van der Waals surface area contributed by atoms with Crippen molar-refractivity contribution in [2.75, 3.05) is 31.6 Å². The van der Waals surface area contributed by atoms with Crippen LogP contribution in [0.5, 0.6) is 17.2 Å². The molecule has 8 heteroatoms. The summed E-state index contributed by atoms with van der Waals surface area (Å²) in [6.07, 6.45) is 1.62. The summed E-state index contributed by atoms with van der Waals surface area (Å²) >= 11 is 0. The molecular formula is C20H19N5O3. The molecule has 0 saturated carbocycles. The van der Waals surface area contributed by atoms with Crippen molar-refractivity contribution in [2.24, 2.45) is 5.10 Å². The van der Waals surface area contributed by atoms with Gasteiger partial charge in [0.2, 0.25) is 11.8 Å². The lowest BCUT2D eigenvalue weighted by atomic mass is 10.2. The van der Waals surface area contributed by atoms with Crippen LogP contribution in [0.2, 0.25) is 0 Å². The molecule has 0 spiro atoms. The van der Waals surface area contributed by atoms with Crippen LogP contribution in [0.25, 0.3) is 0 Å². The van der Waals surface area contributed by atoms with Gasteiger partial charge in [0.1, 0.15) is 11.5 Å². The summed E-state index contributed by atoms with van der Waals surface area (Å²) in [6, 6.07) is 15.1. The smallest absolute Gasteiger partial charge is 0.244 e. The van der Waals surface area contributed by atoms with Crippen LogP contribution >= 0.6 is 0 Å². The molecule has 142 valence electrons. The summed E-state index contributed by atoms with van der Waals surface area (Å²) in [6.45, 7) is 0. The van der Waals surface area contributed by atoms with Crippen molar-refractivity contribution in [3.8, 4) is 17.2 Å².